The molecular weight excluding hydrogens is 306 g/mol. The van der Waals surface area contributed by atoms with Crippen LogP contribution in [0, 0.1) is 0 Å². The lowest BCUT2D eigenvalue weighted by Crippen LogP contribution is -2.31. The molecule has 0 aliphatic heterocycles. The number of carbonyl (C=O) groups is 1. The number of nitrogens with zero attached hydrogens (tertiary/aromatic N) is 1. The second kappa shape index (κ2) is 6.91. The third-order valence-corrected chi connectivity index (χ3v) is 4.57. The van der Waals surface area contributed by atoms with Gasteiger partial charge in [0.2, 0.25) is 5.91 Å². The van der Waals surface area contributed by atoms with E-state index in [0.717, 1.165) is 25.0 Å². The highest BCUT2D eigenvalue weighted by atomic mass is 35.5. The highest BCUT2D eigenvalue weighted by molar-refractivity contribution is 7.10. The number of aromatic nitrogens is 1. The Labute approximate surface area is 134 Å². The number of nitrogen functional groups attached to an aromatic ring is 1. The SMILES string of the molecule is Cl.Nc1ccc(CC(=O)NC2CCCc3sccc32)nc1. The van der Waals surface area contributed by atoms with E-state index < -0.39 is 0 Å². The summed E-state index contributed by atoms with van der Waals surface area (Å²) in [5.74, 6) is 0.0197. The number of pyridine rings is 1. The minimum Gasteiger partial charge on any atom is -0.397 e. The molecule has 0 saturated heterocycles. The summed E-state index contributed by atoms with van der Waals surface area (Å²) in [5, 5.41) is 5.23. The number of amides is 1. The van der Waals surface area contributed by atoms with Gasteiger partial charge in [-0.15, -0.1) is 23.7 Å². The van der Waals surface area contributed by atoms with Crippen LogP contribution in [-0.2, 0) is 17.6 Å². The van der Waals surface area contributed by atoms with Crippen LogP contribution in [0.2, 0.25) is 0 Å². The Balaban J connectivity index is 0.00000161. The van der Waals surface area contributed by atoms with Crippen molar-refractivity contribution in [1.82, 2.24) is 10.3 Å². The van der Waals surface area contributed by atoms with Gasteiger partial charge in [-0.3, -0.25) is 9.78 Å². The van der Waals surface area contributed by atoms with Crippen molar-refractivity contribution in [2.24, 2.45) is 0 Å². The van der Waals surface area contributed by atoms with Crippen LogP contribution in [0.3, 0.4) is 0 Å². The largest absolute Gasteiger partial charge is 0.397 e. The fourth-order valence-corrected chi connectivity index (χ4v) is 3.57. The summed E-state index contributed by atoms with van der Waals surface area (Å²) >= 11 is 1.78. The van der Waals surface area contributed by atoms with E-state index in [0.29, 0.717) is 12.1 Å². The quantitative estimate of drug-likeness (QED) is 0.912. The van der Waals surface area contributed by atoms with Gasteiger partial charge in [-0.2, -0.15) is 0 Å². The average Bonchev–Trinajstić information content (AvgIpc) is 2.91. The summed E-state index contributed by atoms with van der Waals surface area (Å²) in [6, 6.07) is 5.86. The van der Waals surface area contributed by atoms with E-state index in [-0.39, 0.29) is 24.4 Å². The number of halogens is 1. The monoisotopic (exact) mass is 323 g/mol. The van der Waals surface area contributed by atoms with Crippen molar-refractivity contribution in [1.29, 1.82) is 0 Å². The number of thiophene rings is 1. The molecule has 2 heterocycles. The molecule has 2 aromatic heterocycles. The first kappa shape index (κ1) is 15.8. The first-order chi connectivity index (χ1) is 9.72. The van der Waals surface area contributed by atoms with Crippen molar-refractivity contribution in [3.8, 4) is 0 Å². The molecule has 0 spiro atoms. The van der Waals surface area contributed by atoms with E-state index >= 15 is 0 Å². The maximum Gasteiger partial charge on any atom is 0.226 e. The summed E-state index contributed by atoms with van der Waals surface area (Å²) in [6.07, 6.45) is 5.18. The molecule has 3 rings (SSSR count). The van der Waals surface area contributed by atoms with Crippen LogP contribution >= 0.6 is 23.7 Å². The van der Waals surface area contributed by atoms with Crippen molar-refractivity contribution in [2.45, 2.75) is 31.7 Å². The normalized spacial score (nSPS) is 16.7. The number of hydrogen-bond acceptors (Lipinski definition) is 4. The van der Waals surface area contributed by atoms with E-state index in [4.69, 9.17) is 5.73 Å². The second-order valence-electron chi connectivity index (χ2n) is 5.07. The molecule has 0 aromatic carbocycles. The van der Waals surface area contributed by atoms with Crippen molar-refractivity contribution < 1.29 is 4.79 Å². The van der Waals surface area contributed by atoms with Gasteiger partial charge in [0.25, 0.3) is 0 Å². The standard InChI is InChI=1S/C15H17N3OS.ClH/c16-10-4-5-11(17-9-10)8-15(19)18-13-2-1-3-14-12(13)6-7-20-14;/h4-7,9,13H,1-3,8,16H2,(H,18,19);1H. The van der Waals surface area contributed by atoms with Gasteiger partial charge in [0, 0.05) is 10.6 Å². The minimum absolute atomic E-state index is 0. The zero-order valence-corrected chi connectivity index (χ0v) is 13.2. The molecule has 6 heteroatoms. The van der Waals surface area contributed by atoms with E-state index in [1.54, 1.807) is 29.7 Å². The molecule has 2 aromatic rings. The molecule has 4 nitrogen and oxygen atoms in total. The van der Waals surface area contributed by atoms with Crippen molar-refractivity contribution in [2.75, 3.05) is 5.73 Å². The lowest BCUT2D eigenvalue weighted by molar-refractivity contribution is -0.121. The maximum absolute atomic E-state index is 12.1. The maximum atomic E-state index is 12.1. The van der Waals surface area contributed by atoms with Crippen LogP contribution in [0.15, 0.2) is 29.8 Å². The number of carbonyl (C=O) groups excluding carboxylic acids is 1. The lowest BCUT2D eigenvalue weighted by Gasteiger charge is -2.23. The molecule has 0 radical (unpaired) electrons. The fraction of sp³-hybridized carbons (Fsp3) is 0.333. The third-order valence-electron chi connectivity index (χ3n) is 3.58. The molecule has 1 amide bonds. The zero-order valence-electron chi connectivity index (χ0n) is 11.5. The van der Waals surface area contributed by atoms with Gasteiger partial charge in [0.15, 0.2) is 0 Å². The fourth-order valence-electron chi connectivity index (χ4n) is 2.59. The Kier molecular flexibility index (Phi) is 5.20. The van der Waals surface area contributed by atoms with E-state index in [1.807, 2.05) is 0 Å². The zero-order chi connectivity index (χ0) is 13.9. The minimum atomic E-state index is 0. The third kappa shape index (κ3) is 3.74. The topological polar surface area (TPSA) is 68.0 Å². The Morgan fingerprint density at radius 3 is 3.05 bits per heavy atom. The van der Waals surface area contributed by atoms with Crippen LogP contribution in [0.1, 0.15) is 35.0 Å². The number of anilines is 1. The van der Waals surface area contributed by atoms with Gasteiger partial charge >= 0.3 is 0 Å². The Hall–Kier alpha value is -1.59. The molecule has 112 valence electrons. The number of aryl methyl sites for hydroxylation is 1. The van der Waals surface area contributed by atoms with Crippen LogP contribution in [0.25, 0.3) is 0 Å². The van der Waals surface area contributed by atoms with Gasteiger partial charge in [-0.25, -0.2) is 0 Å². The van der Waals surface area contributed by atoms with Crippen molar-refractivity contribution >= 4 is 35.3 Å². The average molecular weight is 324 g/mol. The van der Waals surface area contributed by atoms with Gasteiger partial charge < -0.3 is 11.1 Å². The molecule has 1 atom stereocenters. The molecule has 1 unspecified atom stereocenters. The molecule has 1 aliphatic carbocycles. The Morgan fingerprint density at radius 2 is 2.29 bits per heavy atom. The van der Waals surface area contributed by atoms with Crippen molar-refractivity contribution in [3.63, 3.8) is 0 Å². The summed E-state index contributed by atoms with van der Waals surface area (Å²) in [7, 11) is 0. The van der Waals surface area contributed by atoms with Gasteiger partial charge in [0.1, 0.15) is 0 Å². The molecule has 0 bridgehead atoms. The summed E-state index contributed by atoms with van der Waals surface area (Å²) in [4.78, 5) is 17.7. The lowest BCUT2D eigenvalue weighted by atomic mass is 9.94. The van der Waals surface area contributed by atoms with E-state index in [9.17, 15) is 4.79 Å². The molecule has 0 saturated carbocycles. The predicted octanol–water partition coefficient (Wildman–Crippen LogP) is 2.88. The van der Waals surface area contributed by atoms with E-state index in [2.05, 4.69) is 21.7 Å². The second-order valence-corrected chi connectivity index (χ2v) is 6.07. The first-order valence-electron chi connectivity index (χ1n) is 6.78. The van der Waals surface area contributed by atoms with Crippen LogP contribution < -0.4 is 11.1 Å². The molecule has 1 aliphatic rings. The number of rotatable bonds is 3. The van der Waals surface area contributed by atoms with Crippen LogP contribution in [0.5, 0.6) is 0 Å². The van der Waals surface area contributed by atoms with Crippen molar-refractivity contribution in [3.05, 3.63) is 45.9 Å². The number of hydrogen-bond donors (Lipinski definition) is 2. The number of nitrogens with two attached hydrogens (primary N) is 1. The predicted molar refractivity (Wildman–Crippen MR) is 87.7 cm³/mol. The van der Waals surface area contributed by atoms with Gasteiger partial charge in [0.05, 0.1) is 24.3 Å². The smallest absolute Gasteiger partial charge is 0.226 e. The molecular formula is C15H18ClN3OS. The summed E-state index contributed by atoms with van der Waals surface area (Å²) < 4.78 is 0. The van der Waals surface area contributed by atoms with E-state index in [1.165, 1.54) is 10.4 Å². The molecule has 0 fully saturated rings. The van der Waals surface area contributed by atoms with Gasteiger partial charge in [-0.05, 0) is 48.4 Å². The summed E-state index contributed by atoms with van der Waals surface area (Å²) in [5.41, 5.74) is 8.24. The molecule has 3 N–H and O–H groups in total. The summed E-state index contributed by atoms with van der Waals surface area (Å²) in [6.45, 7) is 0. The number of fused-ring (bicyclic) bond motifs is 1. The highest BCUT2D eigenvalue weighted by Gasteiger charge is 2.22. The number of nitrogens with one attached hydrogen (secondary N) is 1. The highest BCUT2D eigenvalue weighted by Crippen LogP contribution is 2.33. The van der Waals surface area contributed by atoms with Crippen LogP contribution in [0.4, 0.5) is 5.69 Å². The Bertz CT molecular complexity index is 612. The first-order valence-corrected chi connectivity index (χ1v) is 7.66. The van der Waals surface area contributed by atoms with Gasteiger partial charge in [-0.1, -0.05) is 0 Å². The molecule has 21 heavy (non-hydrogen) atoms. The Morgan fingerprint density at radius 1 is 1.43 bits per heavy atom. The van der Waals surface area contributed by atoms with Crippen LogP contribution in [-0.4, -0.2) is 10.9 Å².